The molecule has 1 rings (SSSR count). The molecule has 1 amide bonds. The van der Waals surface area contributed by atoms with Crippen molar-refractivity contribution in [1.82, 2.24) is 0 Å². The van der Waals surface area contributed by atoms with E-state index in [-0.39, 0.29) is 0 Å². The van der Waals surface area contributed by atoms with E-state index in [4.69, 9.17) is 6.42 Å². The van der Waals surface area contributed by atoms with E-state index in [1.54, 1.807) is 24.3 Å². The van der Waals surface area contributed by atoms with Gasteiger partial charge in [-0.05, 0) is 12.1 Å². The molecular formula is C11H9NO3. The molecule has 0 aromatic heterocycles. The third kappa shape index (κ3) is 2.58. The van der Waals surface area contributed by atoms with Gasteiger partial charge in [0.15, 0.2) is 0 Å². The number of benzene rings is 1. The largest absolute Gasteiger partial charge is 0.462 e. The van der Waals surface area contributed by atoms with Crippen LogP contribution in [0.3, 0.4) is 0 Å². The summed E-state index contributed by atoms with van der Waals surface area (Å²) < 4.78 is 4.26. The number of ether oxygens (including phenoxy) is 1. The molecule has 0 atom stereocenters. The summed E-state index contributed by atoms with van der Waals surface area (Å²) in [5, 5.41) is 2.36. The lowest BCUT2D eigenvalue weighted by Gasteiger charge is -2.05. The molecule has 0 aliphatic heterocycles. The van der Waals surface area contributed by atoms with Crippen molar-refractivity contribution in [3.63, 3.8) is 0 Å². The molecule has 4 nitrogen and oxygen atoms in total. The first-order valence-corrected chi connectivity index (χ1v) is 4.14. The van der Waals surface area contributed by atoms with Crippen molar-refractivity contribution in [1.29, 1.82) is 0 Å². The van der Waals surface area contributed by atoms with E-state index < -0.39 is 11.9 Å². The van der Waals surface area contributed by atoms with E-state index in [0.29, 0.717) is 11.3 Å². The van der Waals surface area contributed by atoms with Gasteiger partial charge in [-0.1, -0.05) is 18.1 Å². The SMILES string of the molecule is C#Cc1ccccc1NC(=O)C(=O)OC. The lowest BCUT2D eigenvalue weighted by atomic mass is 10.2. The van der Waals surface area contributed by atoms with Crippen molar-refractivity contribution in [3.8, 4) is 12.3 Å². The number of carbonyl (C=O) groups is 2. The Balaban J connectivity index is 2.86. The molecule has 1 aromatic carbocycles. The minimum atomic E-state index is -0.957. The van der Waals surface area contributed by atoms with E-state index in [2.05, 4.69) is 16.0 Å². The number of rotatable bonds is 1. The maximum absolute atomic E-state index is 11.2. The Bertz CT molecular complexity index is 432. The lowest BCUT2D eigenvalue weighted by molar-refractivity contribution is -0.150. The molecule has 0 radical (unpaired) electrons. The Kier molecular flexibility index (Phi) is 3.47. The van der Waals surface area contributed by atoms with Crippen LogP contribution in [-0.4, -0.2) is 19.0 Å². The maximum atomic E-state index is 11.2. The molecule has 0 saturated carbocycles. The molecule has 4 heteroatoms. The summed E-state index contributed by atoms with van der Waals surface area (Å²) >= 11 is 0. The number of nitrogens with one attached hydrogen (secondary N) is 1. The second-order valence-corrected chi connectivity index (χ2v) is 2.64. The summed E-state index contributed by atoms with van der Waals surface area (Å²) in [6.45, 7) is 0. The summed E-state index contributed by atoms with van der Waals surface area (Å²) in [6, 6.07) is 6.71. The third-order valence-corrected chi connectivity index (χ3v) is 1.70. The Labute approximate surface area is 87.2 Å². The first-order valence-electron chi connectivity index (χ1n) is 4.14. The van der Waals surface area contributed by atoms with Crippen LogP contribution in [0.15, 0.2) is 24.3 Å². The highest BCUT2D eigenvalue weighted by atomic mass is 16.5. The van der Waals surface area contributed by atoms with Crippen LogP contribution in [0, 0.1) is 12.3 Å². The minimum absolute atomic E-state index is 0.412. The maximum Gasteiger partial charge on any atom is 0.396 e. The van der Waals surface area contributed by atoms with Crippen LogP contribution in [0.5, 0.6) is 0 Å². The fourth-order valence-electron chi connectivity index (χ4n) is 0.984. The summed E-state index contributed by atoms with van der Waals surface area (Å²) in [4.78, 5) is 22.0. The fourth-order valence-corrected chi connectivity index (χ4v) is 0.984. The Hall–Kier alpha value is -2.28. The van der Waals surface area contributed by atoms with Gasteiger partial charge in [0.05, 0.1) is 12.8 Å². The van der Waals surface area contributed by atoms with E-state index in [9.17, 15) is 9.59 Å². The molecule has 1 aromatic rings. The molecule has 0 aliphatic rings. The second kappa shape index (κ2) is 4.82. The molecule has 0 fully saturated rings. The number of hydrogen-bond acceptors (Lipinski definition) is 3. The zero-order chi connectivity index (χ0) is 11.3. The molecule has 0 saturated heterocycles. The molecule has 15 heavy (non-hydrogen) atoms. The number of hydrogen-bond donors (Lipinski definition) is 1. The molecule has 0 spiro atoms. The van der Waals surface area contributed by atoms with Crippen LogP contribution < -0.4 is 5.32 Å². The predicted octanol–water partition coefficient (Wildman–Crippen LogP) is 0.779. The molecule has 0 aliphatic carbocycles. The number of terminal acetylenes is 1. The van der Waals surface area contributed by atoms with Crippen molar-refractivity contribution in [2.75, 3.05) is 12.4 Å². The van der Waals surface area contributed by atoms with Crippen LogP contribution in [0.25, 0.3) is 0 Å². The van der Waals surface area contributed by atoms with E-state index in [1.165, 1.54) is 0 Å². The van der Waals surface area contributed by atoms with Gasteiger partial charge in [-0.2, -0.15) is 0 Å². The molecule has 76 valence electrons. The number of anilines is 1. The highest BCUT2D eigenvalue weighted by Crippen LogP contribution is 2.13. The summed E-state index contributed by atoms with van der Waals surface area (Å²) in [5.74, 6) is 0.587. The molecule has 0 heterocycles. The molecular weight excluding hydrogens is 194 g/mol. The van der Waals surface area contributed by atoms with Crippen LogP contribution in [0.4, 0.5) is 5.69 Å². The zero-order valence-corrected chi connectivity index (χ0v) is 8.11. The average Bonchev–Trinajstić information content (AvgIpc) is 2.28. The molecule has 0 unspecified atom stereocenters. The smallest absolute Gasteiger partial charge is 0.396 e. The lowest BCUT2D eigenvalue weighted by Crippen LogP contribution is -2.24. The zero-order valence-electron chi connectivity index (χ0n) is 8.11. The van der Waals surface area contributed by atoms with E-state index >= 15 is 0 Å². The summed E-state index contributed by atoms with van der Waals surface area (Å²) in [5.41, 5.74) is 0.921. The third-order valence-electron chi connectivity index (χ3n) is 1.70. The second-order valence-electron chi connectivity index (χ2n) is 2.64. The number of carbonyl (C=O) groups excluding carboxylic acids is 2. The number of amides is 1. The van der Waals surface area contributed by atoms with E-state index in [0.717, 1.165) is 7.11 Å². The van der Waals surface area contributed by atoms with Gasteiger partial charge in [0.25, 0.3) is 0 Å². The number of methoxy groups -OCH3 is 1. The van der Waals surface area contributed by atoms with Gasteiger partial charge in [-0.25, -0.2) is 4.79 Å². The van der Waals surface area contributed by atoms with Crippen molar-refractivity contribution in [3.05, 3.63) is 29.8 Å². The summed E-state index contributed by atoms with van der Waals surface area (Å²) in [6.07, 6.45) is 5.22. The first-order chi connectivity index (χ1) is 7.19. The van der Waals surface area contributed by atoms with Crippen LogP contribution in [-0.2, 0) is 14.3 Å². The van der Waals surface area contributed by atoms with Crippen LogP contribution in [0.2, 0.25) is 0 Å². The van der Waals surface area contributed by atoms with Gasteiger partial charge in [0.1, 0.15) is 0 Å². The molecule has 0 bridgehead atoms. The fraction of sp³-hybridized carbons (Fsp3) is 0.0909. The Morgan fingerprint density at radius 2 is 2.07 bits per heavy atom. The van der Waals surface area contributed by atoms with Crippen LogP contribution >= 0.6 is 0 Å². The van der Waals surface area contributed by atoms with Gasteiger partial charge >= 0.3 is 11.9 Å². The quantitative estimate of drug-likeness (QED) is 0.417. The van der Waals surface area contributed by atoms with Crippen molar-refractivity contribution in [2.24, 2.45) is 0 Å². The standard InChI is InChI=1S/C11H9NO3/c1-3-8-6-4-5-7-9(8)12-10(13)11(14)15-2/h1,4-7H,2H3,(H,12,13). The van der Waals surface area contributed by atoms with Crippen LogP contribution in [0.1, 0.15) is 5.56 Å². The monoisotopic (exact) mass is 203 g/mol. The number of para-hydroxylation sites is 1. The summed E-state index contributed by atoms with van der Waals surface area (Å²) in [7, 11) is 1.13. The van der Waals surface area contributed by atoms with Crippen molar-refractivity contribution >= 4 is 17.6 Å². The normalized spacial score (nSPS) is 8.80. The van der Waals surface area contributed by atoms with E-state index in [1.807, 2.05) is 0 Å². The van der Waals surface area contributed by atoms with Gasteiger partial charge in [0.2, 0.25) is 0 Å². The number of esters is 1. The highest BCUT2D eigenvalue weighted by molar-refractivity contribution is 6.37. The topological polar surface area (TPSA) is 55.4 Å². The highest BCUT2D eigenvalue weighted by Gasteiger charge is 2.14. The Morgan fingerprint density at radius 1 is 1.40 bits per heavy atom. The molecule has 1 N–H and O–H groups in total. The van der Waals surface area contributed by atoms with Gasteiger partial charge in [-0.3, -0.25) is 4.79 Å². The van der Waals surface area contributed by atoms with Crippen molar-refractivity contribution in [2.45, 2.75) is 0 Å². The van der Waals surface area contributed by atoms with Gasteiger partial charge < -0.3 is 10.1 Å². The minimum Gasteiger partial charge on any atom is -0.462 e. The van der Waals surface area contributed by atoms with Crippen molar-refractivity contribution < 1.29 is 14.3 Å². The average molecular weight is 203 g/mol. The Morgan fingerprint density at radius 3 is 2.67 bits per heavy atom. The first kappa shape index (κ1) is 10.8. The van der Waals surface area contributed by atoms with Gasteiger partial charge in [0, 0.05) is 5.56 Å². The predicted molar refractivity (Wildman–Crippen MR) is 55.0 cm³/mol. The van der Waals surface area contributed by atoms with Gasteiger partial charge in [-0.15, -0.1) is 6.42 Å².